The molecule has 0 spiro atoms. The lowest BCUT2D eigenvalue weighted by atomic mass is 9.83. The first-order chi connectivity index (χ1) is 16.2. The smallest absolute Gasteiger partial charge is 0.241 e. The summed E-state index contributed by atoms with van der Waals surface area (Å²) in [7, 11) is 1.97. The first kappa shape index (κ1) is 23.0. The molecule has 1 aliphatic heterocycles. The standard InChI is InChI=1S/C28H33N3O2/c1-29-26-17-16-24(20-27(26)33-21-23-13-7-3-8-14-23)28(32)30-31-18-10-4-9-15-25(31)19-22-11-5-2-6-12-22/h2-15,18,24,26-27,29H,16-17,19-21H2,1H3,(H,30,32). The number of amides is 1. The number of hydrogen-bond donors (Lipinski definition) is 2. The van der Waals surface area contributed by atoms with Crippen molar-refractivity contribution in [2.75, 3.05) is 7.05 Å². The summed E-state index contributed by atoms with van der Waals surface area (Å²) in [5.41, 5.74) is 6.53. The normalized spacial score (nSPS) is 22.5. The van der Waals surface area contributed by atoms with E-state index in [9.17, 15) is 4.79 Å². The summed E-state index contributed by atoms with van der Waals surface area (Å²) in [5, 5.41) is 5.24. The quantitative estimate of drug-likeness (QED) is 0.631. The Hall–Kier alpha value is -3.15. The molecule has 1 heterocycles. The molecule has 172 valence electrons. The van der Waals surface area contributed by atoms with Crippen molar-refractivity contribution < 1.29 is 9.53 Å². The maximum Gasteiger partial charge on any atom is 0.241 e. The van der Waals surface area contributed by atoms with E-state index in [0.29, 0.717) is 13.0 Å². The molecule has 0 bridgehead atoms. The van der Waals surface area contributed by atoms with Gasteiger partial charge < -0.3 is 10.1 Å². The van der Waals surface area contributed by atoms with Crippen LogP contribution in [0.1, 0.15) is 30.4 Å². The Morgan fingerprint density at radius 2 is 1.70 bits per heavy atom. The summed E-state index contributed by atoms with van der Waals surface area (Å²) >= 11 is 0. The molecule has 2 aromatic rings. The number of ether oxygens (including phenoxy) is 1. The zero-order chi connectivity index (χ0) is 22.9. The van der Waals surface area contributed by atoms with Crippen LogP contribution in [0.5, 0.6) is 0 Å². The molecule has 0 aromatic heterocycles. The molecule has 1 fully saturated rings. The van der Waals surface area contributed by atoms with Gasteiger partial charge in [-0.05, 0) is 49.6 Å². The second-order valence-corrected chi connectivity index (χ2v) is 8.63. The minimum absolute atomic E-state index is 0.000352. The monoisotopic (exact) mass is 443 g/mol. The number of hydrazine groups is 1. The number of rotatable bonds is 8. The Labute approximate surface area is 196 Å². The van der Waals surface area contributed by atoms with Crippen molar-refractivity contribution in [3.63, 3.8) is 0 Å². The Kier molecular flexibility index (Phi) is 8.12. The van der Waals surface area contributed by atoms with E-state index in [1.807, 2.05) is 72.9 Å². The zero-order valence-electron chi connectivity index (χ0n) is 19.2. The molecule has 1 aliphatic carbocycles. The van der Waals surface area contributed by atoms with Gasteiger partial charge in [0.25, 0.3) is 0 Å². The van der Waals surface area contributed by atoms with Crippen LogP contribution in [0.25, 0.3) is 0 Å². The molecule has 0 saturated heterocycles. The average molecular weight is 444 g/mol. The third-order valence-corrected chi connectivity index (χ3v) is 6.35. The summed E-state index contributed by atoms with van der Waals surface area (Å²) in [6, 6.07) is 20.8. The summed E-state index contributed by atoms with van der Waals surface area (Å²) in [6.45, 7) is 0.558. The second-order valence-electron chi connectivity index (χ2n) is 8.63. The number of nitrogens with zero attached hydrogens (tertiary/aromatic N) is 1. The van der Waals surface area contributed by atoms with Crippen LogP contribution in [-0.2, 0) is 22.6 Å². The van der Waals surface area contributed by atoms with Crippen molar-refractivity contribution in [2.45, 2.75) is 44.4 Å². The molecular weight excluding hydrogens is 410 g/mol. The van der Waals surface area contributed by atoms with Crippen LogP contribution in [-0.4, -0.2) is 30.1 Å². The zero-order valence-corrected chi connectivity index (χ0v) is 19.2. The number of benzene rings is 2. The topological polar surface area (TPSA) is 53.6 Å². The highest BCUT2D eigenvalue weighted by Gasteiger charge is 2.34. The van der Waals surface area contributed by atoms with Gasteiger partial charge >= 0.3 is 0 Å². The lowest BCUT2D eigenvalue weighted by Gasteiger charge is -2.36. The van der Waals surface area contributed by atoms with E-state index in [2.05, 4.69) is 41.1 Å². The van der Waals surface area contributed by atoms with Crippen molar-refractivity contribution in [3.05, 3.63) is 108 Å². The predicted octanol–water partition coefficient (Wildman–Crippen LogP) is 4.50. The largest absolute Gasteiger partial charge is 0.372 e. The van der Waals surface area contributed by atoms with Gasteiger partial charge in [0, 0.05) is 30.3 Å². The molecule has 2 aliphatic rings. The van der Waals surface area contributed by atoms with Gasteiger partial charge in [-0.2, -0.15) is 0 Å². The van der Waals surface area contributed by atoms with Crippen molar-refractivity contribution in [3.8, 4) is 0 Å². The number of carbonyl (C=O) groups is 1. The minimum atomic E-state index is -0.0852. The molecule has 2 N–H and O–H groups in total. The Balaban J connectivity index is 1.38. The van der Waals surface area contributed by atoms with E-state index in [0.717, 1.165) is 30.5 Å². The molecule has 4 rings (SSSR count). The number of nitrogens with one attached hydrogen (secondary N) is 2. The number of allylic oxidation sites excluding steroid dienone is 5. The molecule has 5 heteroatoms. The van der Waals surface area contributed by atoms with Gasteiger partial charge in [0.1, 0.15) is 0 Å². The molecule has 3 unspecified atom stereocenters. The Morgan fingerprint density at radius 1 is 0.970 bits per heavy atom. The third-order valence-electron chi connectivity index (χ3n) is 6.35. The van der Waals surface area contributed by atoms with Crippen molar-refractivity contribution in [2.24, 2.45) is 5.92 Å². The van der Waals surface area contributed by atoms with E-state index in [1.165, 1.54) is 5.56 Å². The molecule has 33 heavy (non-hydrogen) atoms. The Morgan fingerprint density at radius 3 is 2.42 bits per heavy atom. The van der Waals surface area contributed by atoms with Gasteiger partial charge in [-0.15, -0.1) is 0 Å². The van der Waals surface area contributed by atoms with E-state index in [4.69, 9.17) is 4.74 Å². The first-order valence-electron chi connectivity index (χ1n) is 11.7. The summed E-state index contributed by atoms with van der Waals surface area (Å²) in [4.78, 5) is 13.3. The van der Waals surface area contributed by atoms with E-state index >= 15 is 0 Å². The van der Waals surface area contributed by atoms with Crippen LogP contribution in [0.15, 0.2) is 96.9 Å². The number of likely N-dealkylation sites (N-methyl/N-ethyl adjacent to an activating group) is 1. The molecule has 5 nitrogen and oxygen atoms in total. The van der Waals surface area contributed by atoms with Crippen molar-refractivity contribution >= 4 is 5.91 Å². The summed E-state index contributed by atoms with van der Waals surface area (Å²) < 4.78 is 6.27. The van der Waals surface area contributed by atoms with Crippen LogP contribution in [0, 0.1) is 5.92 Å². The fraction of sp³-hybridized carbons (Fsp3) is 0.321. The molecule has 2 aromatic carbocycles. The van der Waals surface area contributed by atoms with Gasteiger partial charge in [0.2, 0.25) is 5.91 Å². The van der Waals surface area contributed by atoms with Crippen LogP contribution in [0.2, 0.25) is 0 Å². The van der Waals surface area contributed by atoms with Gasteiger partial charge in [-0.1, -0.05) is 72.8 Å². The van der Waals surface area contributed by atoms with Crippen LogP contribution < -0.4 is 10.7 Å². The summed E-state index contributed by atoms with van der Waals surface area (Å²) in [5.74, 6) is -0.0404. The fourth-order valence-corrected chi connectivity index (χ4v) is 4.47. The van der Waals surface area contributed by atoms with Crippen molar-refractivity contribution in [1.29, 1.82) is 0 Å². The highest BCUT2D eigenvalue weighted by molar-refractivity contribution is 5.78. The number of hydrogen-bond acceptors (Lipinski definition) is 4. The molecule has 0 radical (unpaired) electrons. The van der Waals surface area contributed by atoms with Crippen LogP contribution >= 0.6 is 0 Å². The average Bonchev–Trinajstić information content (AvgIpc) is 3.08. The van der Waals surface area contributed by atoms with Gasteiger partial charge in [0.15, 0.2) is 0 Å². The highest BCUT2D eigenvalue weighted by atomic mass is 16.5. The minimum Gasteiger partial charge on any atom is -0.372 e. The van der Waals surface area contributed by atoms with Gasteiger partial charge in [0.05, 0.1) is 12.7 Å². The maximum absolute atomic E-state index is 13.3. The SMILES string of the molecule is CNC1CCC(C(=O)NN2C=CC=CC=C2Cc2ccccc2)CC1OCc1ccccc1. The lowest BCUT2D eigenvalue weighted by molar-refractivity contribution is -0.132. The molecular formula is C28H33N3O2. The third kappa shape index (κ3) is 6.44. The first-order valence-corrected chi connectivity index (χ1v) is 11.7. The summed E-state index contributed by atoms with van der Waals surface area (Å²) in [6.07, 6.45) is 13.1. The molecule has 1 amide bonds. The van der Waals surface area contributed by atoms with Gasteiger partial charge in [-0.25, -0.2) is 0 Å². The van der Waals surface area contributed by atoms with E-state index < -0.39 is 0 Å². The second kappa shape index (κ2) is 11.6. The molecule has 1 saturated carbocycles. The molecule has 3 atom stereocenters. The van der Waals surface area contributed by atoms with E-state index in [1.54, 1.807) is 0 Å². The maximum atomic E-state index is 13.3. The van der Waals surface area contributed by atoms with Crippen LogP contribution in [0.4, 0.5) is 0 Å². The van der Waals surface area contributed by atoms with E-state index in [-0.39, 0.29) is 24.0 Å². The predicted molar refractivity (Wildman–Crippen MR) is 132 cm³/mol. The van der Waals surface area contributed by atoms with Crippen LogP contribution in [0.3, 0.4) is 0 Å². The fourth-order valence-electron chi connectivity index (χ4n) is 4.47. The Bertz CT molecular complexity index is 985. The van der Waals surface area contributed by atoms with Gasteiger partial charge in [-0.3, -0.25) is 15.2 Å². The lowest BCUT2D eigenvalue weighted by Crippen LogP contribution is -2.49. The van der Waals surface area contributed by atoms with Crippen molar-refractivity contribution in [1.82, 2.24) is 15.8 Å². The number of carbonyl (C=O) groups excluding carboxylic acids is 1. The highest BCUT2D eigenvalue weighted by Crippen LogP contribution is 2.28.